The molecule has 1 N–H and O–H groups in total. The van der Waals surface area contributed by atoms with Gasteiger partial charge in [-0.25, -0.2) is 14.6 Å². The van der Waals surface area contributed by atoms with Gasteiger partial charge in [0, 0.05) is 11.6 Å². The molecule has 0 radical (unpaired) electrons. The van der Waals surface area contributed by atoms with Gasteiger partial charge in [-0.3, -0.25) is 5.43 Å². The maximum absolute atomic E-state index is 12.4. The third kappa shape index (κ3) is 4.71. The molecule has 34 heavy (non-hydrogen) atoms. The highest BCUT2D eigenvalue weighted by atomic mass is 32.1. The Balaban J connectivity index is 1.38. The Hall–Kier alpha value is -4.70. The SMILES string of the molecule is O=C(Oc1ccc(/C=N\Nc2nc3ccccc3s2)c(OC(=O)c2ccco2)c1)c1ccco1. The van der Waals surface area contributed by atoms with Crippen molar-refractivity contribution in [3.63, 3.8) is 0 Å². The van der Waals surface area contributed by atoms with Crippen molar-refractivity contribution in [2.75, 3.05) is 5.43 Å². The lowest BCUT2D eigenvalue weighted by molar-refractivity contribution is 0.0698. The van der Waals surface area contributed by atoms with Gasteiger partial charge in [-0.2, -0.15) is 5.10 Å². The summed E-state index contributed by atoms with van der Waals surface area (Å²) < 4.78 is 22.0. The number of nitrogens with one attached hydrogen (secondary N) is 1. The van der Waals surface area contributed by atoms with Crippen LogP contribution in [0.25, 0.3) is 10.2 Å². The fraction of sp³-hybridized carbons (Fsp3) is 0. The lowest BCUT2D eigenvalue weighted by Gasteiger charge is -2.09. The van der Waals surface area contributed by atoms with Crippen molar-refractivity contribution < 1.29 is 27.9 Å². The van der Waals surface area contributed by atoms with E-state index in [0.29, 0.717) is 10.7 Å². The molecule has 0 aliphatic heterocycles. The number of carbonyl (C=O) groups is 2. The van der Waals surface area contributed by atoms with E-state index in [1.165, 1.54) is 48.3 Å². The minimum Gasteiger partial charge on any atom is -0.457 e. The molecule has 0 atom stereocenters. The number of fused-ring (bicyclic) bond motifs is 1. The van der Waals surface area contributed by atoms with E-state index in [4.69, 9.17) is 18.3 Å². The van der Waals surface area contributed by atoms with Crippen molar-refractivity contribution in [3.05, 3.63) is 96.3 Å². The molecule has 3 heterocycles. The van der Waals surface area contributed by atoms with E-state index in [9.17, 15) is 9.59 Å². The molecule has 0 aliphatic rings. The molecule has 0 amide bonds. The van der Waals surface area contributed by atoms with Gasteiger partial charge in [0.25, 0.3) is 0 Å². The molecule has 9 nitrogen and oxygen atoms in total. The van der Waals surface area contributed by atoms with Gasteiger partial charge < -0.3 is 18.3 Å². The number of hydrazone groups is 1. The lowest BCUT2D eigenvalue weighted by Crippen LogP contribution is -2.10. The lowest BCUT2D eigenvalue weighted by atomic mass is 10.2. The van der Waals surface area contributed by atoms with Gasteiger partial charge in [0.1, 0.15) is 11.5 Å². The maximum Gasteiger partial charge on any atom is 0.379 e. The van der Waals surface area contributed by atoms with Crippen LogP contribution in [0, 0.1) is 0 Å². The van der Waals surface area contributed by atoms with Crippen LogP contribution in [0.15, 0.2) is 93.2 Å². The highest BCUT2D eigenvalue weighted by Crippen LogP contribution is 2.27. The Kier molecular flexibility index (Phi) is 5.87. The third-order valence-corrected chi connectivity index (χ3v) is 5.44. The molecule has 0 unspecified atom stereocenters. The summed E-state index contributed by atoms with van der Waals surface area (Å²) >= 11 is 1.45. The normalized spacial score (nSPS) is 11.1. The first kappa shape index (κ1) is 21.2. The highest BCUT2D eigenvalue weighted by Gasteiger charge is 2.17. The number of nitrogens with zero attached hydrogens (tertiary/aromatic N) is 2. The maximum atomic E-state index is 12.4. The molecule has 5 aromatic rings. The minimum absolute atomic E-state index is 0.0217. The highest BCUT2D eigenvalue weighted by molar-refractivity contribution is 7.22. The van der Waals surface area contributed by atoms with Crippen molar-refractivity contribution >= 4 is 44.8 Å². The molecular weight excluding hydrogens is 458 g/mol. The van der Waals surface area contributed by atoms with Gasteiger partial charge >= 0.3 is 11.9 Å². The van der Waals surface area contributed by atoms with E-state index < -0.39 is 11.9 Å². The molecule has 10 heteroatoms. The van der Waals surface area contributed by atoms with E-state index in [-0.39, 0.29) is 23.0 Å². The predicted molar refractivity (Wildman–Crippen MR) is 125 cm³/mol. The van der Waals surface area contributed by atoms with Crippen molar-refractivity contribution in [1.29, 1.82) is 0 Å². The first-order valence-electron chi connectivity index (χ1n) is 9.96. The molecule has 0 saturated heterocycles. The number of hydrogen-bond acceptors (Lipinski definition) is 10. The van der Waals surface area contributed by atoms with Crippen LogP contribution in [0.4, 0.5) is 5.13 Å². The first-order chi connectivity index (χ1) is 16.7. The zero-order chi connectivity index (χ0) is 23.3. The Morgan fingerprint density at radius 3 is 2.35 bits per heavy atom. The van der Waals surface area contributed by atoms with Crippen LogP contribution < -0.4 is 14.9 Å². The van der Waals surface area contributed by atoms with Crippen molar-refractivity contribution in [2.45, 2.75) is 0 Å². The average Bonchev–Trinajstić information content (AvgIpc) is 3.62. The number of ether oxygens (including phenoxy) is 2. The van der Waals surface area contributed by atoms with Crippen molar-refractivity contribution in [2.24, 2.45) is 5.10 Å². The van der Waals surface area contributed by atoms with E-state index >= 15 is 0 Å². The number of hydrogen-bond donors (Lipinski definition) is 1. The van der Waals surface area contributed by atoms with Crippen LogP contribution in [0.2, 0.25) is 0 Å². The number of furan rings is 2. The second kappa shape index (κ2) is 9.43. The number of esters is 2. The molecule has 0 aliphatic carbocycles. The monoisotopic (exact) mass is 473 g/mol. The van der Waals surface area contributed by atoms with Crippen molar-refractivity contribution in [1.82, 2.24) is 4.98 Å². The van der Waals surface area contributed by atoms with E-state index in [1.54, 1.807) is 24.3 Å². The van der Waals surface area contributed by atoms with Gasteiger partial charge in [-0.15, -0.1) is 0 Å². The first-order valence-corrected chi connectivity index (χ1v) is 10.8. The standard InChI is InChI=1S/C24H15N3O6S/c28-22(18-6-3-11-30-18)32-16-10-9-15(20(13-16)33-23(29)19-7-4-12-31-19)14-25-27-24-26-17-5-1-2-8-21(17)34-24/h1-14H,(H,26,27)/b25-14-. The molecule has 0 spiro atoms. The molecule has 0 saturated carbocycles. The molecule has 3 aromatic heterocycles. The summed E-state index contributed by atoms with van der Waals surface area (Å²) in [6.45, 7) is 0. The summed E-state index contributed by atoms with van der Waals surface area (Å²) in [5.41, 5.74) is 4.19. The zero-order valence-corrected chi connectivity index (χ0v) is 18.2. The fourth-order valence-electron chi connectivity index (χ4n) is 2.95. The van der Waals surface area contributed by atoms with Gasteiger partial charge in [0.05, 0.1) is 29.0 Å². The van der Waals surface area contributed by atoms with Crippen LogP contribution >= 0.6 is 11.3 Å². The Bertz CT molecular complexity index is 1440. The van der Waals surface area contributed by atoms with Gasteiger partial charge in [0.2, 0.25) is 16.7 Å². The topological polar surface area (TPSA) is 116 Å². The summed E-state index contributed by atoms with van der Waals surface area (Å²) in [4.78, 5) is 29.1. The Morgan fingerprint density at radius 1 is 0.912 bits per heavy atom. The van der Waals surface area contributed by atoms with E-state index in [0.717, 1.165) is 10.2 Å². The molecule has 2 aromatic carbocycles. The summed E-state index contributed by atoms with van der Waals surface area (Å²) in [5, 5.41) is 4.81. The largest absolute Gasteiger partial charge is 0.457 e. The van der Waals surface area contributed by atoms with Crippen LogP contribution in [-0.4, -0.2) is 23.1 Å². The summed E-state index contributed by atoms with van der Waals surface area (Å²) in [5.74, 6) is -1.07. The third-order valence-electron chi connectivity index (χ3n) is 4.50. The smallest absolute Gasteiger partial charge is 0.379 e. The zero-order valence-electron chi connectivity index (χ0n) is 17.3. The van der Waals surface area contributed by atoms with Crippen molar-refractivity contribution in [3.8, 4) is 11.5 Å². The average molecular weight is 473 g/mol. The van der Waals surface area contributed by atoms with Gasteiger partial charge in [-0.1, -0.05) is 23.5 Å². The van der Waals surface area contributed by atoms with Crippen LogP contribution in [0.5, 0.6) is 11.5 Å². The quantitative estimate of drug-likeness (QED) is 0.145. The van der Waals surface area contributed by atoms with E-state index in [1.807, 2.05) is 24.3 Å². The van der Waals surface area contributed by atoms with Crippen LogP contribution in [0.3, 0.4) is 0 Å². The summed E-state index contributed by atoms with van der Waals surface area (Å²) in [6.07, 6.45) is 4.20. The predicted octanol–water partition coefficient (Wildman–Crippen LogP) is 5.37. The molecule has 5 rings (SSSR count). The second-order valence-electron chi connectivity index (χ2n) is 6.79. The second-order valence-corrected chi connectivity index (χ2v) is 7.82. The minimum atomic E-state index is -0.715. The molecular formula is C24H15N3O6S. The van der Waals surface area contributed by atoms with Crippen LogP contribution in [-0.2, 0) is 0 Å². The number of anilines is 1. The number of para-hydroxylation sites is 1. The van der Waals surface area contributed by atoms with Gasteiger partial charge in [0.15, 0.2) is 0 Å². The molecule has 0 fully saturated rings. The number of aromatic nitrogens is 1. The number of rotatable bonds is 7. The van der Waals surface area contributed by atoms with Crippen LogP contribution in [0.1, 0.15) is 26.7 Å². The number of thiazole rings is 1. The molecule has 0 bridgehead atoms. The van der Waals surface area contributed by atoms with Gasteiger partial charge in [-0.05, 0) is 48.5 Å². The Labute approximate surface area is 196 Å². The molecule has 168 valence electrons. The summed E-state index contributed by atoms with van der Waals surface area (Å²) in [6, 6.07) is 18.4. The Morgan fingerprint density at radius 2 is 1.65 bits per heavy atom. The fourth-order valence-corrected chi connectivity index (χ4v) is 3.76. The number of carbonyl (C=O) groups excluding carboxylic acids is 2. The summed E-state index contributed by atoms with van der Waals surface area (Å²) in [7, 11) is 0. The number of benzene rings is 2. The van der Waals surface area contributed by atoms with E-state index in [2.05, 4.69) is 15.5 Å².